The van der Waals surface area contributed by atoms with Crippen molar-refractivity contribution in [2.24, 2.45) is 5.92 Å². The van der Waals surface area contributed by atoms with E-state index < -0.39 is 0 Å². The maximum Gasteiger partial charge on any atom is 0.228 e. The summed E-state index contributed by atoms with van der Waals surface area (Å²) in [6.45, 7) is 4.33. The highest BCUT2D eigenvalue weighted by Crippen LogP contribution is 2.30. The summed E-state index contributed by atoms with van der Waals surface area (Å²) in [6, 6.07) is 7.97. The normalized spacial score (nSPS) is 22.1. The Labute approximate surface area is 119 Å². The van der Waals surface area contributed by atoms with Gasteiger partial charge in [0.2, 0.25) is 11.8 Å². The topological polar surface area (TPSA) is 40.6 Å². The Balaban J connectivity index is 1.78. The van der Waals surface area contributed by atoms with Crippen LogP contribution >= 0.6 is 0 Å². The van der Waals surface area contributed by atoms with Gasteiger partial charge in [0, 0.05) is 31.7 Å². The summed E-state index contributed by atoms with van der Waals surface area (Å²) in [6.07, 6.45) is 2.34. The fourth-order valence-electron chi connectivity index (χ4n) is 2.97. The van der Waals surface area contributed by atoms with Gasteiger partial charge in [-0.25, -0.2) is 0 Å². The van der Waals surface area contributed by atoms with Gasteiger partial charge >= 0.3 is 0 Å². The van der Waals surface area contributed by atoms with Gasteiger partial charge < -0.3 is 9.80 Å². The average Bonchev–Trinajstić information content (AvgIpc) is 2.78. The molecular formula is C16H20N2O2. The third kappa shape index (κ3) is 2.19. The summed E-state index contributed by atoms with van der Waals surface area (Å²) in [5.41, 5.74) is 2.14. The molecule has 1 aromatic carbocycles. The number of likely N-dealkylation sites (tertiary alicyclic amines) is 1. The molecule has 0 bridgehead atoms. The summed E-state index contributed by atoms with van der Waals surface area (Å²) in [5, 5.41) is 0. The Morgan fingerprint density at radius 3 is 2.70 bits per heavy atom. The van der Waals surface area contributed by atoms with Crippen LogP contribution in [-0.2, 0) is 16.0 Å². The quantitative estimate of drug-likeness (QED) is 0.842. The maximum absolute atomic E-state index is 12.3. The van der Waals surface area contributed by atoms with E-state index in [0.717, 1.165) is 37.2 Å². The lowest BCUT2D eigenvalue weighted by atomic mass is 10.0. The second kappa shape index (κ2) is 5.27. The van der Waals surface area contributed by atoms with Crippen LogP contribution in [0.15, 0.2) is 24.3 Å². The maximum atomic E-state index is 12.3. The largest absolute Gasteiger partial charge is 0.342 e. The van der Waals surface area contributed by atoms with Crippen LogP contribution < -0.4 is 4.90 Å². The summed E-state index contributed by atoms with van der Waals surface area (Å²) >= 11 is 0. The van der Waals surface area contributed by atoms with Crippen LogP contribution in [0.3, 0.4) is 0 Å². The molecule has 2 fully saturated rings. The van der Waals surface area contributed by atoms with Crippen molar-refractivity contribution in [3.05, 3.63) is 29.8 Å². The molecule has 106 valence electrons. The molecule has 2 saturated heterocycles. The molecule has 1 aromatic rings. The minimum Gasteiger partial charge on any atom is -0.342 e. The second-order valence-electron chi connectivity index (χ2n) is 5.57. The van der Waals surface area contributed by atoms with Gasteiger partial charge in [-0.3, -0.25) is 9.59 Å². The van der Waals surface area contributed by atoms with Gasteiger partial charge in [0.15, 0.2) is 0 Å². The number of hydrogen-bond donors (Lipinski definition) is 0. The van der Waals surface area contributed by atoms with Gasteiger partial charge in [-0.2, -0.15) is 0 Å². The lowest BCUT2D eigenvalue weighted by Gasteiger charge is -2.33. The van der Waals surface area contributed by atoms with E-state index in [0.29, 0.717) is 13.0 Å². The second-order valence-corrected chi connectivity index (χ2v) is 5.57. The molecule has 0 aromatic heterocycles. The zero-order valence-electron chi connectivity index (χ0n) is 11.8. The molecule has 2 aliphatic rings. The Morgan fingerprint density at radius 2 is 2.05 bits per heavy atom. The predicted molar refractivity (Wildman–Crippen MR) is 77.5 cm³/mol. The van der Waals surface area contributed by atoms with Gasteiger partial charge in [0.25, 0.3) is 0 Å². The molecule has 20 heavy (non-hydrogen) atoms. The highest BCUT2D eigenvalue weighted by atomic mass is 16.2. The van der Waals surface area contributed by atoms with E-state index in [-0.39, 0.29) is 17.7 Å². The first-order valence-corrected chi connectivity index (χ1v) is 7.37. The molecule has 4 nitrogen and oxygen atoms in total. The highest BCUT2D eigenvalue weighted by Gasteiger charge is 2.38. The lowest BCUT2D eigenvalue weighted by Crippen LogP contribution is -2.45. The number of hydrogen-bond acceptors (Lipinski definition) is 2. The predicted octanol–water partition coefficient (Wildman–Crippen LogP) is 1.83. The van der Waals surface area contributed by atoms with Crippen LogP contribution in [0.4, 0.5) is 5.69 Å². The van der Waals surface area contributed by atoms with Crippen molar-refractivity contribution in [2.45, 2.75) is 26.2 Å². The summed E-state index contributed by atoms with van der Waals surface area (Å²) < 4.78 is 0. The molecule has 2 amide bonds. The molecular weight excluding hydrogens is 252 g/mol. The van der Waals surface area contributed by atoms with E-state index in [9.17, 15) is 9.59 Å². The summed E-state index contributed by atoms with van der Waals surface area (Å²) in [4.78, 5) is 28.2. The van der Waals surface area contributed by atoms with Crippen LogP contribution in [0.1, 0.15) is 25.3 Å². The number of benzene rings is 1. The van der Waals surface area contributed by atoms with Gasteiger partial charge in [-0.1, -0.05) is 25.1 Å². The van der Waals surface area contributed by atoms with Crippen molar-refractivity contribution in [3.63, 3.8) is 0 Å². The van der Waals surface area contributed by atoms with E-state index in [1.165, 1.54) is 0 Å². The third-order valence-corrected chi connectivity index (χ3v) is 4.31. The van der Waals surface area contributed by atoms with Crippen LogP contribution in [0, 0.1) is 5.92 Å². The van der Waals surface area contributed by atoms with E-state index in [2.05, 4.69) is 6.92 Å². The monoisotopic (exact) mass is 272 g/mol. The Kier molecular flexibility index (Phi) is 3.47. The van der Waals surface area contributed by atoms with Crippen molar-refractivity contribution in [1.29, 1.82) is 0 Å². The first-order chi connectivity index (χ1) is 9.70. The lowest BCUT2D eigenvalue weighted by molar-refractivity contribution is -0.139. The van der Waals surface area contributed by atoms with E-state index in [1.54, 1.807) is 4.90 Å². The highest BCUT2D eigenvalue weighted by molar-refractivity contribution is 6.00. The van der Waals surface area contributed by atoms with Crippen LogP contribution in [0.25, 0.3) is 0 Å². The number of nitrogens with zero attached hydrogens (tertiary/aromatic N) is 2. The van der Waals surface area contributed by atoms with Gasteiger partial charge in [0.05, 0.1) is 5.92 Å². The standard InChI is InChI=1S/C16H20N2O2/c1-2-12-6-3-4-7-14(12)18-11-13(10-15(18)19)16(20)17-8-5-9-17/h3-4,6-7,13H,2,5,8-11H2,1H3. The molecule has 1 unspecified atom stereocenters. The molecule has 0 aliphatic carbocycles. The number of anilines is 1. The Morgan fingerprint density at radius 1 is 1.30 bits per heavy atom. The molecule has 1 atom stereocenters. The molecule has 0 N–H and O–H groups in total. The zero-order chi connectivity index (χ0) is 14.1. The Bertz CT molecular complexity index is 537. The van der Waals surface area contributed by atoms with Gasteiger partial charge in [-0.05, 0) is 24.5 Å². The summed E-state index contributed by atoms with van der Waals surface area (Å²) in [5.74, 6) is 0.0681. The minimum atomic E-state index is -0.160. The summed E-state index contributed by atoms with van der Waals surface area (Å²) in [7, 11) is 0. The number of carbonyl (C=O) groups is 2. The van der Waals surface area contributed by atoms with Crippen molar-refractivity contribution in [2.75, 3.05) is 24.5 Å². The van der Waals surface area contributed by atoms with Crippen LogP contribution in [0.5, 0.6) is 0 Å². The van der Waals surface area contributed by atoms with Crippen molar-refractivity contribution < 1.29 is 9.59 Å². The first-order valence-electron chi connectivity index (χ1n) is 7.37. The minimum absolute atomic E-state index is 0.0739. The van der Waals surface area contributed by atoms with Crippen molar-refractivity contribution in [1.82, 2.24) is 4.90 Å². The SMILES string of the molecule is CCc1ccccc1N1CC(C(=O)N2CCC2)CC1=O. The molecule has 3 rings (SSSR count). The first kappa shape index (κ1) is 13.2. The van der Waals surface area contributed by atoms with E-state index in [4.69, 9.17) is 0 Å². The zero-order valence-corrected chi connectivity index (χ0v) is 11.8. The molecule has 2 heterocycles. The molecule has 0 radical (unpaired) electrons. The number of para-hydroxylation sites is 1. The van der Waals surface area contributed by atoms with Crippen LogP contribution in [0.2, 0.25) is 0 Å². The van der Waals surface area contributed by atoms with Crippen molar-refractivity contribution >= 4 is 17.5 Å². The van der Waals surface area contributed by atoms with E-state index >= 15 is 0 Å². The Hall–Kier alpha value is -1.84. The molecule has 4 heteroatoms. The number of carbonyl (C=O) groups excluding carboxylic acids is 2. The van der Waals surface area contributed by atoms with Gasteiger partial charge in [-0.15, -0.1) is 0 Å². The van der Waals surface area contributed by atoms with E-state index in [1.807, 2.05) is 29.2 Å². The fourth-order valence-corrected chi connectivity index (χ4v) is 2.97. The smallest absolute Gasteiger partial charge is 0.228 e. The molecule has 0 spiro atoms. The molecule has 2 aliphatic heterocycles. The van der Waals surface area contributed by atoms with Crippen molar-refractivity contribution in [3.8, 4) is 0 Å². The third-order valence-electron chi connectivity index (χ3n) is 4.31. The average molecular weight is 272 g/mol. The fraction of sp³-hybridized carbons (Fsp3) is 0.500. The molecule has 0 saturated carbocycles. The number of rotatable bonds is 3. The van der Waals surface area contributed by atoms with Crippen LogP contribution in [-0.4, -0.2) is 36.3 Å². The number of aryl methyl sites for hydroxylation is 1. The van der Waals surface area contributed by atoms with Gasteiger partial charge in [0.1, 0.15) is 0 Å². The number of amides is 2.